The Bertz CT molecular complexity index is 589. The summed E-state index contributed by atoms with van der Waals surface area (Å²) < 4.78 is 37.8. The van der Waals surface area contributed by atoms with E-state index >= 15 is 0 Å². The average molecular weight is 359 g/mol. The fourth-order valence-corrected chi connectivity index (χ4v) is 2.98. The number of hydrogen-bond acceptors (Lipinski definition) is 3. The van der Waals surface area contributed by atoms with Gasteiger partial charge in [0.1, 0.15) is 5.82 Å². The second kappa shape index (κ2) is 7.09. The standard InChI is InChI=1S/C17H24F3N3O2/c1-16(2,3)23(15(24)25)11-12-6-8-22(9-7-12)14-5-4-13(10-21-14)17(18,19)20/h4-5,10,12H,6-9,11H2,1-3H3,(H,24,25). The van der Waals surface area contributed by atoms with Gasteiger partial charge in [0.2, 0.25) is 0 Å². The van der Waals surface area contributed by atoms with E-state index < -0.39 is 23.4 Å². The average Bonchev–Trinajstić information content (AvgIpc) is 2.51. The maximum atomic E-state index is 12.6. The van der Waals surface area contributed by atoms with E-state index in [0.717, 1.165) is 25.1 Å². The summed E-state index contributed by atoms with van der Waals surface area (Å²) in [7, 11) is 0. The summed E-state index contributed by atoms with van der Waals surface area (Å²) in [6.07, 6.45) is -2.90. The van der Waals surface area contributed by atoms with Gasteiger partial charge in [-0.2, -0.15) is 13.2 Å². The van der Waals surface area contributed by atoms with E-state index in [2.05, 4.69) is 4.98 Å². The number of pyridine rings is 1. The lowest BCUT2D eigenvalue weighted by atomic mass is 9.94. The van der Waals surface area contributed by atoms with Crippen molar-refractivity contribution in [2.45, 2.75) is 45.3 Å². The summed E-state index contributed by atoms with van der Waals surface area (Å²) in [5, 5.41) is 9.37. The smallest absolute Gasteiger partial charge is 0.417 e. The van der Waals surface area contributed by atoms with Crippen molar-refractivity contribution in [2.75, 3.05) is 24.5 Å². The van der Waals surface area contributed by atoms with Crippen molar-refractivity contribution < 1.29 is 23.1 Å². The molecule has 1 N–H and O–H groups in total. The Morgan fingerprint density at radius 1 is 1.28 bits per heavy atom. The van der Waals surface area contributed by atoms with Crippen LogP contribution in [0.2, 0.25) is 0 Å². The zero-order chi connectivity index (χ0) is 18.8. The fraction of sp³-hybridized carbons (Fsp3) is 0.647. The van der Waals surface area contributed by atoms with E-state index in [1.54, 1.807) is 0 Å². The molecule has 0 radical (unpaired) electrons. The number of halogens is 3. The summed E-state index contributed by atoms with van der Waals surface area (Å²) in [6.45, 7) is 7.36. The number of nitrogens with zero attached hydrogens (tertiary/aromatic N) is 3. The Balaban J connectivity index is 1.94. The Morgan fingerprint density at radius 3 is 2.28 bits per heavy atom. The molecule has 0 atom stereocenters. The van der Waals surface area contributed by atoms with Gasteiger partial charge in [0.15, 0.2) is 0 Å². The summed E-state index contributed by atoms with van der Waals surface area (Å²) in [6, 6.07) is 2.43. The fourth-order valence-electron chi connectivity index (χ4n) is 2.98. The van der Waals surface area contributed by atoms with Gasteiger partial charge in [-0.15, -0.1) is 0 Å². The van der Waals surface area contributed by atoms with Gasteiger partial charge in [-0.1, -0.05) is 0 Å². The van der Waals surface area contributed by atoms with Crippen LogP contribution in [0.3, 0.4) is 0 Å². The highest BCUT2D eigenvalue weighted by molar-refractivity contribution is 5.66. The van der Waals surface area contributed by atoms with Crippen LogP contribution in [0.5, 0.6) is 0 Å². The molecule has 5 nitrogen and oxygen atoms in total. The molecule has 0 bridgehead atoms. The van der Waals surface area contributed by atoms with Crippen molar-refractivity contribution in [3.63, 3.8) is 0 Å². The van der Waals surface area contributed by atoms with E-state index in [-0.39, 0.29) is 5.92 Å². The molecule has 0 aliphatic carbocycles. The molecule has 1 aromatic heterocycles. The first-order valence-corrected chi connectivity index (χ1v) is 8.27. The van der Waals surface area contributed by atoms with E-state index in [4.69, 9.17) is 0 Å². The van der Waals surface area contributed by atoms with Crippen molar-refractivity contribution in [1.29, 1.82) is 0 Å². The van der Waals surface area contributed by atoms with Crippen LogP contribution in [0.15, 0.2) is 18.3 Å². The van der Waals surface area contributed by atoms with Crippen molar-refractivity contribution in [3.05, 3.63) is 23.9 Å². The number of carboxylic acid groups (broad SMARTS) is 1. The molecule has 2 heterocycles. The molecule has 0 spiro atoms. The van der Waals surface area contributed by atoms with Crippen LogP contribution in [0.1, 0.15) is 39.2 Å². The lowest BCUT2D eigenvalue weighted by Gasteiger charge is -2.39. The van der Waals surface area contributed by atoms with Gasteiger partial charge in [-0.05, 0) is 51.7 Å². The van der Waals surface area contributed by atoms with Gasteiger partial charge in [0, 0.05) is 31.4 Å². The molecule has 1 aliphatic rings. The van der Waals surface area contributed by atoms with Gasteiger partial charge < -0.3 is 14.9 Å². The number of alkyl halides is 3. The largest absolute Gasteiger partial charge is 0.465 e. The minimum atomic E-state index is -4.38. The number of carbonyl (C=O) groups is 1. The highest BCUT2D eigenvalue weighted by Gasteiger charge is 2.32. The minimum Gasteiger partial charge on any atom is -0.465 e. The minimum absolute atomic E-state index is 0.237. The Hall–Kier alpha value is -1.99. The lowest BCUT2D eigenvalue weighted by molar-refractivity contribution is -0.137. The molecular weight excluding hydrogens is 335 g/mol. The third kappa shape index (κ3) is 4.99. The Morgan fingerprint density at radius 2 is 1.88 bits per heavy atom. The summed E-state index contributed by atoms with van der Waals surface area (Å²) in [5.74, 6) is 0.762. The quantitative estimate of drug-likeness (QED) is 0.883. The molecule has 25 heavy (non-hydrogen) atoms. The highest BCUT2D eigenvalue weighted by atomic mass is 19.4. The molecule has 8 heteroatoms. The van der Waals surface area contributed by atoms with Crippen molar-refractivity contribution in [3.8, 4) is 0 Å². The predicted octanol–water partition coefficient (Wildman–Crippen LogP) is 4.10. The molecular formula is C17H24F3N3O2. The molecule has 1 saturated heterocycles. The van der Waals surface area contributed by atoms with Crippen LogP contribution in [-0.4, -0.2) is 46.3 Å². The molecule has 0 saturated carbocycles. The molecule has 1 aliphatic heterocycles. The summed E-state index contributed by atoms with van der Waals surface area (Å²) in [5.41, 5.74) is -1.22. The summed E-state index contributed by atoms with van der Waals surface area (Å²) in [4.78, 5) is 18.7. The summed E-state index contributed by atoms with van der Waals surface area (Å²) >= 11 is 0. The van der Waals surface area contributed by atoms with Gasteiger partial charge in [-0.3, -0.25) is 0 Å². The van der Waals surface area contributed by atoms with Gasteiger partial charge >= 0.3 is 12.3 Å². The first-order valence-electron chi connectivity index (χ1n) is 8.27. The molecule has 1 aromatic rings. The van der Waals surface area contributed by atoms with Crippen LogP contribution < -0.4 is 4.90 Å². The first-order chi connectivity index (χ1) is 11.5. The number of aromatic nitrogens is 1. The van der Waals surface area contributed by atoms with Crippen molar-refractivity contribution >= 4 is 11.9 Å². The second-order valence-corrected chi connectivity index (χ2v) is 7.40. The maximum absolute atomic E-state index is 12.6. The first kappa shape index (κ1) is 19.3. The van der Waals surface area contributed by atoms with Crippen LogP contribution in [0.4, 0.5) is 23.8 Å². The Labute approximate surface area is 145 Å². The number of amides is 1. The highest BCUT2D eigenvalue weighted by Crippen LogP contribution is 2.30. The topological polar surface area (TPSA) is 56.7 Å². The van der Waals surface area contributed by atoms with E-state index in [9.17, 15) is 23.1 Å². The normalized spacial score (nSPS) is 16.8. The van der Waals surface area contributed by atoms with Gasteiger partial charge in [0.25, 0.3) is 0 Å². The Kier molecular flexibility index (Phi) is 5.49. The molecule has 2 rings (SSSR count). The van der Waals surface area contributed by atoms with Crippen molar-refractivity contribution in [1.82, 2.24) is 9.88 Å². The zero-order valence-electron chi connectivity index (χ0n) is 14.7. The van der Waals surface area contributed by atoms with E-state index in [1.165, 1.54) is 11.0 Å². The van der Waals surface area contributed by atoms with Gasteiger partial charge in [-0.25, -0.2) is 9.78 Å². The lowest BCUT2D eigenvalue weighted by Crippen LogP contribution is -2.49. The number of rotatable bonds is 3. The zero-order valence-corrected chi connectivity index (χ0v) is 14.7. The molecule has 140 valence electrons. The third-order valence-corrected chi connectivity index (χ3v) is 4.50. The van der Waals surface area contributed by atoms with E-state index in [1.807, 2.05) is 25.7 Å². The molecule has 1 amide bonds. The monoisotopic (exact) mass is 359 g/mol. The van der Waals surface area contributed by atoms with Crippen LogP contribution in [0.25, 0.3) is 0 Å². The second-order valence-electron chi connectivity index (χ2n) is 7.40. The predicted molar refractivity (Wildman–Crippen MR) is 88.7 cm³/mol. The van der Waals surface area contributed by atoms with Crippen LogP contribution >= 0.6 is 0 Å². The molecule has 0 unspecified atom stereocenters. The molecule has 1 fully saturated rings. The SMILES string of the molecule is CC(C)(C)N(CC1CCN(c2ccc(C(F)(F)F)cn2)CC1)C(=O)O. The number of piperidine rings is 1. The number of anilines is 1. The molecule has 0 aromatic carbocycles. The van der Waals surface area contributed by atoms with Crippen LogP contribution in [0, 0.1) is 5.92 Å². The maximum Gasteiger partial charge on any atom is 0.417 e. The van der Waals surface area contributed by atoms with Crippen LogP contribution in [-0.2, 0) is 6.18 Å². The number of hydrogen-bond donors (Lipinski definition) is 1. The van der Waals surface area contributed by atoms with Gasteiger partial charge in [0.05, 0.1) is 5.56 Å². The van der Waals surface area contributed by atoms with E-state index in [0.29, 0.717) is 25.5 Å². The van der Waals surface area contributed by atoms with Crippen molar-refractivity contribution in [2.24, 2.45) is 5.92 Å². The third-order valence-electron chi connectivity index (χ3n) is 4.50.